The number of anilines is 1. The maximum absolute atomic E-state index is 11.7. The van der Waals surface area contributed by atoms with Crippen molar-refractivity contribution in [2.24, 2.45) is 5.92 Å². The Morgan fingerprint density at radius 1 is 1.45 bits per heavy atom. The maximum Gasteiger partial charge on any atom is 0.306 e. The summed E-state index contributed by atoms with van der Waals surface area (Å²) in [7, 11) is 1.45. The number of ether oxygens (including phenoxy) is 1. The van der Waals surface area contributed by atoms with E-state index in [0.29, 0.717) is 12.3 Å². The van der Waals surface area contributed by atoms with Crippen LogP contribution in [0.1, 0.15) is 37.2 Å². The molecule has 1 atom stereocenters. The molecular weight excluding hydrogens is 252 g/mol. The van der Waals surface area contributed by atoms with Gasteiger partial charge in [0.1, 0.15) is 0 Å². The van der Waals surface area contributed by atoms with Gasteiger partial charge in [-0.05, 0) is 61.9 Å². The van der Waals surface area contributed by atoms with Gasteiger partial charge in [0.2, 0.25) is 0 Å². The third-order valence-electron chi connectivity index (χ3n) is 4.10. The van der Waals surface area contributed by atoms with Gasteiger partial charge in [0.15, 0.2) is 0 Å². The van der Waals surface area contributed by atoms with Crippen molar-refractivity contribution < 1.29 is 9.53 Å². The summed E-state index contributed by atoms with van der Waals surface area (Å²) in [5.74, 6) is 0.729. The number of carbonyl (C=O) groups is 1. The highest BCUT2D eigenvalue weighted by Gasteiger charge is 2.22. The zero-order chi connectivity index (χ0) is 14.4. The normalized spacial score (nSPS) is 17.6. The topological polar surface area (TPSA) is 64.3 Å². The molecule has 1 aromatic rings. The predicted molar refractivity (Wildman–Crippen MR) is 80.4 cm³/mol. The number of hydrogen-bond acceptors (Lipinski definition) is 4. The molecule has 4 heteroatoms. The number of carbonyl (C=O) groups excluding carboxylic acids is 1. The van der Waals surface area contributed by atoms with Crippen LogP contribution in [0.4, 0.5) is 5.69 Å². The molecule has 1 heterocycles. The monoisotopic (exact) mass is 276 g/mol. The minimum absolute atomic E-state index is 0.147. The van der Waals surface area contributed by atoms with Crippen LogP contribution < -0.4 is 11.1 Å². The summed E-state index contributed by atoms with van der Waals surface area (Å²) in [5, 5.41) is 3.38. The van der Waals surface area contributed by atoms with Crippen LogP contribution >= 0.6 is 0 Å². The van der Waals surface area contributed by atoms with Crippen molar-refractivity contribution in [3.05, 3.63) is 29.8 Å². The van der Waals surface area contributed by atoms with Crippen LogP contribution in [0.3, 0.4) is 0 Å². The number of benzene rings is 1. The number of esters is 1. The Hall–Kier alpha value is -1.55. The predicted octanol–water partition coefficient (Wildman–Crippen LogP) is 2.31. The van der Waals surface area contributed by atoms with Gasteiger partial charge >= 0.3 is 5.97 Å². The summed E-state index contributed by atoms with van der Waals surface area (Å²) in [6, 6.07) is 7.88. The lowest BCUT2D eigenvalue weighted by atomic mass is 9.82. The molecule has 1 saturated heterocycles. The fourth-order valence-corrected chi connectivity index (χ4v) is 2.95. The molecule has 0 aromatic heterocycles. The van der Waals surface area contributed by atoms with E-state index in [-0.39, 0.29) is 11.9 Å². The second-order valence-corrected chi connectivity index (χ2v) is 5.58. The first-order valence-electron chi connectivity index (χ1n) is 7.32. The molecule has 1 unspecified atom stereocenters. The first kappa shape index (κ1) is 14.9. The highest BCUT2D eigenvalue weighted by Crippen LogP contribution is 2.32. The molecule has 1 aliphatic rings. The van der Waals surface area contributed by atoms with Gasteiger partial charge in [-0.3, -0.25) is 4.79 Å². The van der Waals surface area contributed by atoms with Gasteiger partial charge in [-0.1, -0.05) is 12.1 Å². The molecule has 0 radical (unpaired) electrons. The second kappa shape index (κ2) is 7.29. The van der Waals surface area contributed by atoms with Gasteiger partial charge in [-0.2, -0.15) is 0 Å². The van der Waals surface area contributed by atoms with Crippen molar-refractivity contribution in [1.82, 2.24) is 5.32 Å². The largest absolute Gasteiger partial charge is 0.469 e. The third-order valence-corrected chi connectivity index (χ3v) is 4.10. The Morgan fingerprint density at radius 2 is 2.20 bits per heavy atom. The number of piperidine rings is 1. The molecule has 1 aliphatic heterocycles. The molecule has 0 aliphatic carbocycles. The number of nitrogens with two attached hydrogens (primary N) is 1. The number of hydrogen-bond donors (Lipinski definition) is 2. The van der Waals surface area contributed by atoms with Crippen LogP contribution in [0, 0.1) is 5.92 Å². The van der Waals surface area contributed by atoms with E-state index in [4.69, 9.17) is 10.5 Å². The number of rotatable bonds is 5. The Balaban J connectivity index is 2.08. The molecule has 2 rings (SSSR count). The maximum atomic E-state index is 11.7. The van der Waals surface area contributed by atoms with Gasteiger partial charge in [0, 0.05) is 5.69 Å². The van der Waals surface area contributed by atoms with Gasteiger partial charge in [-0.15, -0.1) is 0 Å². The van der Waals surface area contributed by atoms with E-state index in [1.165, 1.54) is 20.0 Å². The quantitative estimate of drug-likeness (QED) is 0.640. The molecule has 110 valence electrons. The Bertz CT molecular complexity index is 442. The fourth-order valence-electron chi connectivity index (χ4n) is 2.95. The van der Waals surface area contributed by atoms with Crippen LogP contribution in [0.5, 0.6) is 0 Å². The van der Waals surface area contributed by atoms with E-state index in [9.17, 15) is 4.79 Å². The molecule has 3 N–H and O–H groups in total. The van der Waals surface area contributed by atoms with Crippen LogP contribution in [-0.2, 0) is 9.53 Å². The van der Waals surface area contributed by atoms with Crippen molar-refractivity contribution in [2.45, 2.75) is 31.6 Å². The summed E-state index contributed by atoms with van der Waals surface area (Å²) < 4.78 is 4.84. The summed E-state index contributed by atoms with van der Waals surface area (Å²) in [5.41, 5.74) is 7.77. The van der Waals surface area contributed by atoms with Gasteiger partial charge in [0.25, 0.3) is 0 Å². The third kappa shape index (κ3) is 4.23. The van der Waals surface area contributed by atoms with Crippen molar-refractivity contribution in [1.29, 1.82) is 0 Å². The van der Waals surface area contributed by atoms with Crippen LogP contribution in [0.2, 0.25) is 0 Å². The molecular formula is C16H24N2O2. The van der Waals surface area contributed by atoms with E-state index in [1.807, 2.05) is 18.2 Å². The Kier molecular flexibility index (Phi) is 5.41. The van der Waals surface area contributed by atoms with Crippen molar-refractivity contribution >= 4 is 11.7 Å². The van der Waals surface area contributed by atoms with Gasteiger partial charge in [0.05, 0.1) is 13.5 Å². The first-order chi connectivity index (χ1) is 9.69. The summed E-state index contributed by atoms with van der Waals surface area (Å²) in [6.45, 7) is 2.15. The van der Waals surface area contributed by atoms with Crippen molar-refractivity contribution in [3.8, 4) is 0 Å². The van der Waals surface area contributed by atoms with Gasteiger partial charge < -0.3 is 15.8 Å². The first-order valence-corrected chi connectivity index (χ1v) is 7.32. The zero-order valence-electron chi connectivity index (χ0n) is 12.1. The minimum atomic E-state index is -0.147. The molecule has 1 aromatic carbocycles. The van der Waals surface area contributed by atoms with E-state index >= 15 is 0 Å². The Morgan fingerprint density at radius 3 is 2.85 bits per heavy atom. The van der Waals surface area contributed by atoms with Crippen LogP contribution in [-0.4, -0.2) is 26.2 Å². The number of methoxy groups -OCH3 is 1. The second-order valence-electron chi connectivity index (χ2n) is 5.58. The smallest absolute Gasteiger partial charge is 0.306 e. The van der Waals surface area contributed by atoms with E-state index in [1.54, 1.807) is 0 Å². The van der Waals surface area contributed by atoms with E-state index < -0.39 is 0 Å². The van der Waals surface area contributed by atoms with E-state index in [2.05, 4.69) is 11.4 Å². The standard InChI is InChI=1S/C16H24N2O2/c1-20-16(19)11-14(9-12-5-7-18-8-6-12)13-3-2-4-15(17)10-13/h2-4,10,12,14,18H,5-9,11,17H2,1H3. The molecule has 1 fully saturated rings. The summed E-state index contributed by atoms with van der Waals surface area (Å²) in [4.78, 5) is 11.7. The van der Waals surface area contributed by atoms with Crippen LogP contribution in [0.25, 0.3) is 0 Å². The lowest BCUT2D eigenvalue weighted by molar-refractivity contribution is -0.141. The summed E-state index contributed by atoms with van der Waals surface area (Å²) in [6.07, 6.45) is 3.82. The molecule has 0 saturated carbocycles. The lowest BCUT2D eigenvalue weighted by Gasteiger charge is -2.27. The van der Waals surface area contributed by atoms with Crippen LogP contribution in [0.15, 0.2) is 24.3 Å². The zero-order valence-corrected chi connectivity index (χ0v) is 12.1. The molecule has 20 heavy (non-hydrogen) atoms. The number of nitrogens with one attached hydrogen (secondary N) is 1. The average molecular weight is 276 g/mol. The molecule has 4 nitrogen and oxygen atoms in total. The summed E-state index contributed by atoms with van der Waals surface area (Å²) >= 11 is 0. The Labute approximate surface area is 120 Å². The lowest BCUT2D eigenvalue weighted by Crippen LogP contribution is -2.29. The SMILES string of the molecule is COC(=O)CC(CC1CCNCC1)c1cccc(N)c1. The molecule has 0 bridgehead atoms. The molecule has 0 spiro atoms. The fraction of sp³-hybridized carbons (Fsp3) is 0.562. The van der Waals surface area contributed by atoms with E-state index in [0.717, 1.165) is 30.8 Å². The number of nitrogen functional groups attached to an aromatic ring is 1. The molecule has 0 amide bonds. The highest BCUT2D eigenvalue weighted by molar-refractivity contribution is 5.70. The van der Waals surface area contributed by atoms with Crippen molar-refractivity contribution in [2.75, 3.05) is 25.9 Å². The average Bonchev–Trinajstić information content (AvgIpc) is 2.47. The minimum Gasteiger partial charge on any atom is -0.469 e. The van der Waals surface area contributed by atoms with Gasteiger partial charge in [-0.25, -0.2) is 0 Å². The highest BCUT2D eigenvalue weighted by atomic mass is 16.5. The van der Waals surface area contributed by atoms with Crippen molar-refractivity contribution in [3.63, 3.8) is 0 Å².